The number of nitriles is 1. The maximum atomic E-state index is 9.33. The van der Waals surface area contributed by atoms with Crippen LogP contribution in [0.25, 0.3) is 0 Å². The minimum Gasteiger partial charge on any atom is -0.360 e. The lowest BCUT2D eigenvalue weighted by atomic mass is 9.96. The van der Waals surface area contributed by atoms with Crippen LogP contribution in [0.1, 0.15) is 27.6 Å². The van der Waals surface area contributed by atoms with Gasteiger partial charge in [-0.15, -0.1) is 11.3 Å². The predicted octanol–water partition coefficient (Wildman–Crippen LogP) is 3.79. The molecule has 0 aliphatic heterocycles. The molecule has 0 spiro atoms. The fraction of sp³-hybridized carbons (Fsp3) is 0.333. The third-order valence-corrected chi connectivity index (χ3v) is 4.24. The molecule has 1 N–H and O–H groups in total. The first-order valence-corrected chi connectivity index (χ1v) is 7.06. The maximum absolute atomic E-state index is 9.33. The quantitative estimate of drug-likeness (QED) is 0.920. The second-order valence-corrected chi connectivity index (χ2v) is 5.78. The molecule has 0 bridgehead atoms. The number of aromatic nitrogens is 1. The van der Waals surface area contributed by atoms with Gasteiger partial charge in [0.25, 0.3) is 0 Å². The minimum absolute atomic E-state index is 0.147. The lowest BCUT2D eigenvalue weighted by Crippen LogP contribution is -2.12. The highest BCUT2D eigenvalue weighted by Crippen LogP contribution is 2.24. The van der Waals surface area contributed by atoms with E-state index in [0.29, 0.717) is 6.54 Å². The van der Waals surface area contributed by atoms with Crippen molar-refractivity contribution < 1.29 is 0 Å². The molecular weight excluding hydrogens is 254 g/mol. The number of anilines is 1. The topological polar surface area (TPSA) is 48.7 Å². The zero-order valence-electron chi connectivity index (χ0n) is 11.4. The summed E-state index contributed by atoms with van der Waals surface area (Å²) in [6.45, 7) is 6.69. The predicted molar refractivity (Wildman–Crippen MR) is 79.6 cm³/mol. The van der Waals surface area contributed by atoms with Crippen LogP contribution in [0.5, 0.6) is 0 Å². The summed E-state index contributed by atoms with van der Waals surface area (Å²) >= 11 is 1.63. The third-order valence-electron chi connectivity index (χ3n) is 3.21. The fourth-order valence-corrected chi connectivity index (χ4v) is 2.76. The van der Waals surface area contributed by atoms with Gasteiger partial charge in [0.15, 0.2) is 5.13 Å². The number of hydrogen-bond donors (Lipinski definition) is 1. The van der Waals surface area contributed by atoms with Crippen LogP contribution in [0.2, 0.25) is 0 Å². The summed E-state index contributed by atoms with van der Waals surface area (Å²) in [5.41, 5.74) is 3.29. The Kier molecular flexibility index (Phi) is 4.18. The van der Waals surface area contributed by atoms with Crippen LogP contribution >= 0.6 is 11.3 Å². The molecule has 1 aromatic carbocycles. The summed E-state index contributed by atoms with van der Waals surface area (Å²) < 4.78 is 0. The van der Waals surface area contributed by atoms with Crippen molar-refractivity contribution in [2.75, 3.05) is 11.9 Å². The van der Waals surface area contributed by atoms with Crippen LogP contribution in [0, 0.1) is 32.1 Å². The largest absolute Gasteiger partial charge is 0.360 e. The average molecular weight is 271 g/mol. The number of thiazole rings is 1. The van der Waals surface area contributed by atoms with Gasteiger partial charge < -0.3 is 5.32 Å². The highest BCUT2D eigenvalue weighted by molar-refractivity contribution is 7.15. The number of aryl methyl sites for hydroxylation is 3. The summed E-state index contributed by atoms with van der Waals surface area (Å²) in [5, 5.41) is 13.5. The Balaban J connectivity index is 2.09. The van der Waals surface area contributed by atoms with Crippen LogP contribution in [-0.2, 0) is 0 Å². The Morgan fingerprint density at radius 1 is 1.32 bits per heavy atom. The minimum atomic E-state index is -0.147. The summed E-state index contributed by atoms with van der Waals surface area (Å²) in [4.78, 5) is 5.65. The number of nitrogens with one attached hydrogen (secondary N) is 1. The lowest BCUT2D eigenvalue weighted by Gasteiger charge is -2.12. The van der Waals surface area contributed by atoms with E-state index in [1.54, 1.807) is 11.3 Å². The van der Waals surface area contributed by atoms with Crippen molar-refractivity contribution in [2.24, 2.45) is 0 Å². The Morgan fingerprint density at radius 3 is 2.63 bits per heavy atom. The van der Waals surface area contributed by atoms with Gasteiger partial charge in [0.2, 0.25) is 0 Å². The number of hydrogen-bond acceptors (Lipinski definition) is 4. The number of benzene rings is 1. The SMILES string of the molecule is Cc1ccccc1C(C#N)CNc1nc(C)c(C)s1. The van der Waals surface area contributed by atoms with Crippen molar-refractivity contribution in [3.05, 3.63) is 46.0 Å². The first-order valence-electron chi connectivity index (χ1n) is 6.25. The van der Waals surface area contributed by atoms with Crippen molar-refractivity contribution in [2.45, 2.75) is 26.7 Å². The van der Waals surface area contributed by atoms with E-state index in [2.05, 4.69) is 23.3 Å². The molecule has 0 radical (unpaired) electrons. The zero-order valence-corrected chi connectivity index (χ0v) is 12.2. The van der Waals surface area contributed by atoms with Crippen LogP contribution in [0.3, 0.4) is 0 Å². The van der Waals surface area contributed by atoms with Gasteiger partial charge in [-0.2, -0.15) is 5.26 Å². The van der Waals surface area contributed by atoms with Crippen molar-refractivity contribution in [1.29, 1.82) is 5.26 Å². The third kappa shape index (κ3) is 3.12. The first-order chi connectivity index (χ1) is 9.11. The van der Waals surface area contributed by atoms with Crippen LogP contribution in [0.4, 0.5) is 5.13 Å². The molecule has 1 unspecified atom stereocenters. The lowest BCUT2D eigenvalue weighted by molar-refractivity contribution is 0.888. The molecule has 19 heavy (non-hydrogen) atoms. The van der Waals surface area contributed by atoms with Gasteiger partial charge in [0, 0.05) is 11.4 Å². The molecule has 0 saturated heterocycles. The van der Waals surface area contributed by atoms with E-state index >= 15 is 0 Å². The molecule has 0 fully saturated rings. The molecule has 1 aromatic heterocycles. The monoisotopic (exact) mass is 271 g/mol. The highest BCUT2D eigenvalue weighted by Gasteiger charge is 2.13. The second-order valence-electron chi connectivity index (χ2n) is 4.58. The molecule has 0 aliphatic rings. The molecular formula is C15H17N3S. The molecule has 2 aromatic rings. The van der Waals surface area contributed by atoms with E-state index in [4.69, 9.17) is 0 Å². The van der Waals surface area contributed by atoms with E-state index < -0.39 is 0 Å². The summed E-state index contributed by atoms with van der Waals surface area (Å²) in [7, 11) is 0. The van der Waals surface area contributed by atoms with Crippen LogP contribution in [-0.4, -0.2) is 11.5 Å². The molecule has 98 valence electrons. The van der Waals surface area contributed by atoms with Crippen molar-refractivity contribution in [3.8, 4) is 6.07 Å². The standard InChI is InChI=1S/C15H17N3S/c1-10-6-4-5-7-14(10)13(8-16)9-17-15-18-11(2)12(3)19-15/h4-7,13H,9H2,1-3H3,(H,17,18). The van der Waals surface area contributed by atoms with Gasteiger partial charge in [0.05, 0.1) is 17.7 Å². The highest BCUT2D eigenvalue weighted by atomic mass is 32.1. The van der Waals surface area contributed by atoms with Gasteiger partial charge in [-0.3, -0.25) is 0 Å². The van der Waals surface area contributed by atoms with Crippen LogP contribution in [0.15, 0.2) is 24.3 Å². The summed E-state index contributed by atoms with van der Waals surface area (Å²) in [6.07, 6.45) is 0. The Bertz CT molecular complexity index is 591. The summed E-state index contributed by atoms with van der Waals surface area (Å²) in [6, 6.07) is 10.4. The molecule has 4 heteroatoms. The van der Waals surface area contributed by atoms with E-state index in [1.165, 1.54) is 4.88 Å². The molecule has 0 saturated carbocycles. The van der Waals surface area contributed by atoms with E-state index in [1.807, 2.05) is 38.1 Å². The van der Waals surface area contributed by atoms with E-state index in [9.17, 15) is 5.26 Å². The van der Waals surface area contributed by atoms with Gasteiger partial charge >= 0.3 is 0 Å². The smallest absolute Gasteiger partial charge is 0.183 e. The molecule has 3 nitrogen and oxygen atoms in total. The van der Waals surface area contributed by atoms with Crippen molar-refractivity contribution >= 4 is 16.5 Å². The van der Waals surface area contributed by atoms with E-state index in [0.717, 1.165) is 22.0 Å². The molecule has 2 rings (SSSR count). The molecule has 1 heterocycles. The average Bonchev–Trinajstić information content (AvgIpc) is 2.71. The number of rotatable bonds is 4. The normalized spacial score (nSPS) is 11.9. The van der Waals surface area contributed by atoms with E-state index in [-0.39, 0.29) is 5.92 Å². The molecule has 0 aliphatic carbocycles. The van der Waals surface area contributed by atoms with Gasteiger partial charge in [-0.1, -0.05) is 24.3 Å². The second kappa shape index (κ2) is 5.85. The summed E-state index contributed by atoms with van der Waals surface area (Å²) in [5.74, 6) is -0.147. The van der Waals surface area contributed by atoms with Gasteiger partial charge in [-0.05, 0) is 31.9 Å². The van der Waals surface area contributed by atoms with Crippen molar-refractivity contribution in [3.63, 3.8) is 0 Å². The Morgan fingerprint density at radius 2 is 2.05 bits per heavy atom. The van der Waals surface area contributed by atoms with Gasteiger partial charge in [-0.25, -0.2) is 4.98 Å². The van der Waals surface area contributed by atoms with Crippen molar-refractivity contribution in [1.82, 2.24) is 4.98 Å². The zero-order chi connectivity index (χ0) is 13.8. The van der Waals surface area contributed by atoms with Gasteiger partial charge in [0.1, 0.15) is 0 Å². The molecule has 0 amide bonds. The molecule has 1 atom stereocenters. The Labute approximate surface area is 117 Å². The Hall–Kier alpha value is -1.86. The first kappa shape index (κ1) is 13.6. The fourth-order valence-electron chi connectivity index (χ4n) is 1.94. The number of nitrogens with zero attached hydrogens (tertiary/aromatic N) is 2. The van der Waals surface area contributed by atoms with Crippen LogP contribution < -0.4 is 5.32 Å². The maximum Gasteiger partial charge on any atom is 0.183 e.